The van der Waals surface area contributed by atoms with Gasteiger partial charge >= 0.3 is 6.09 Å². The van der Waals surface area contributed by atoms with Crippen molar-refractivity contribution in [3.05, 3.63) is 47.0 Å². The summed E-state index contributed by atoms with van der Waals surface area (Å²) in [5.41, 5.74) is 0.00692. The Morgan fingerprint density at radius 1 is 1.32 bits per heavy atom. The quantitative estimate of drug-likeness (QED) is 0.745. The third-order valence-corrected chi connectivity index (χ3v) is 4.59. The molecular formula is C20H25ClFN3O3. The molecule has 0 saturated carbocycles. The number of halogens is 2. The molecule has 0 bridgehead atoms. The molecule has 1 fully saturated rings. The first-order valence-corrected chi connectivity index (χ1v) is 9.68. The lowest BCUT2D eigenvalue weighted by atomic mass is 10.1. The fourth-order valence-electron chi connectivity index (χ4n) is 2.99. The minimum atomic E-state index is -0.497. The van der Waals surface area contributed by atoms with E-state index in [1.165, 1.54) is 6.07 Å². The van der Waals surface area contributed by atoms with Crippen LogP contribution in [-0.4, -0.2) is 45.6 Å². The second-order valence-corrected chi connectivity index (χ2v) is 8.33. The van der Waals surface area contributed by atoms with Crippen LogP contribution in [-0.2, 0) is 11.3 Å². The number of nitrogens with zero attached hydrogens (tertiary/aromatic N) is 3. The van der Waals surface area contributed by atoms with E-state index in [9.17, 15) is 9.18 Å². The molecule has 0 unspecified atom stereocenters. The molecule has 0 N–H and O–H groups in total. The second-order valence-electron chi connectivity index (χ2n) is 7.89. The number of hydrogen-bond donors (Lipinski definition) is 0. The van der Waals surface area contributed by atoms with Gasteiger partial charge in [-0.25, -0.2) is 9.18 Å². The van der Waals surface area contributed by atoms with E-state index in [1.807, 2.05) is 20.8 Å². The van der Waals surface area contributed by atoms with E-state index in [-0.39, 0.29) is 18.0 Å². The molecule has 1 aromatic heterocycles. The van der Waals surface area contributed by atoms with Crippen molar-refractivity contribution in [3.8, 4) is 5.75 Å². The molecule has 0 radical (unpaired) electrons. The predicted molar refractivity (Wildman–Crippen MR) is 104 cm³/mol. The van der Waals surface area contributed by atoms with Gasteiger partial charge in [0.15, 0.2) is 5.75 Å². The summed E-state index contributed by atoms with van der Waals surface area (Å²) in [6.45, 7) is 7.04. The molecule has 8 heteroatoms. The zero-order valence-corrected chi connectivity index (χ0v) is 17.1. The van der Waals surface area contributed by atoms with Crippen LogP contribution in [0.1, 0.15) is 39.2 Å². The number of ether oxygens (including phenoxy) is 2. The van der Waals surface area contributed by atoms with E-state index < -0.39 is 5.60 Å². The SMILES string of the molecule is CC(C)(C)OC(=O)N1CCC(Oc2cnn(Cc3ccc(Cl)cc3F)c2)CC1. The van der Waals surface area contributed by atoms with Crippen molar-refractivity contribution in [3.63, 3.8) is 0 Å². The highest BCUT2D eigenvalue weighted by atomic mass is 35.5. The lowest BCUT2D eigenvalue weighted by Crippen LogP contribution is -2.44. The molecule has 2 heterocycles. The van der Waals surface area contributed by atoms with Crippen LogP contribution in [0.4, 0.5) is 9.18 Å². The van der Waals surface area contributed by atoms with Crippen molar-refractivity contribution in [1.29, 1.82) is 0 Å². The van der Waals surface area contributed by atoms with Gasteiger partial charge in [-0.3, -0.25) is 4.68 Å². The molecule has 1 amide bonds. The van der Waals surface area contributed by atoms with E-state index in [0.29, 0.717) is 36.0 Å². The van der Waals surface area contributed by atoms with Crippen LogP contribution in [0.15, 0.2) is 30.6 Å². The minimum absolute atomic E-state index is 0.00334. The van der Waals surface area contributed by atoms with Crippen LogP contribution in [0.2, 0.25) is 5.02 Å². The summed E-state index contributed by atoms with van der Waals surface area (Å²) in [6, 6.07) is 4.59. The zero-order valence-electron chi connectivity index (χ0n) is 16.3. The summed E-state index contributed by atoms with van der Waals surface area (Å²) < 4.78 is 26.9. The van der Waals surface area contributed by atoms with Gasteiger partial charge in [0.1, 0.15) is 17.5 Å². The Bertz CT molecular complexity index is 826. The van der Waals surface area contributed by atoms with Gasteiger partial charge in [-0.05, 0) is 32.9 Å². The number of carbonyl (C=O) groups is 1. The third kappa shape index (κ3) is 5.61. The van der Waals surface area contributed by atoms with Gasteiger partial charge in [0.25, 0.3) is 0 Å². The van der Waals surface area contributed by atoms with Crippen molar-refractivity contribution in [2.24, 2.45) is 0 Å². The Kier molecular flexibility index (Phi) is 6.13. The van der Waals surface area contributed by atoms with E-state index >= 15 is 0 Å². The Morgan fingerprint density at radius 2 is 2.04 bits per heavy atom. The molecule has 0 spiro atoms. The molecule has 0 aliphatic carbocycles. The fraction of sp³-hybridized carbons (Fsp3) is 0.500. The minimum Gasteiger partial charge on any atom is -0.487 e. The first-order chi connectivity index (χ1) is 13.2. The van der Waals surface area contributed by atoms with E-state index in [0.717, 1.165) is 12.8 Å². The lowest BCUT2D eigenvalue weighted by Gasteiger charge is -2.33. The van der Waals surface area contributed by atoms with Crippen molar-refractivity contribution in [1.82, 2.24) is 14.7 Å². The molecule has 152 valence electrons. The highest BCUT2D eigenvalue weighted by molar-refractivity contribution is 6.30. The molecule has 6 nitrogen and oxygen atoms in total. The van der Waals surface area contributed by atoms with Gasteiger partial charge in [-0.1, -0.05) is 17.7 Å². The van der Waals surface area contributed by atoms with Crippen molar-refractivity contribution in [2.75, 3.05) is 13.1 Å². The molecule has 1 aromatic carbocycles. The standard InChI is InChI=1S/C20H25ClFN3O3/c1-20(2,3)28-19(26)24-8-6-16(7-9-24)27-17-11-23-25(13-17)12-14-4-5-15(21)10-18(14)22/h4-5,10-11,13,16H,6-9,12H2,1-3H3. The number of benzene rings is 1. The number of hydrogen-bond acceptors (Lipinski definition) is 4. The van der Waals surface area contributed by atoms with E-state index in [4.69, 9.17) is 21.1 Å². The Balaban J connectivity index is 1.50. The summed E-state index contributed by atoms with van der Waals surface area (Å²) in [6.07, 6.45) is 4.52. The molecular weight excluding hydrogens is 385 g/mol. The molecule has 1 aliphatic rings. The average molecular weight is 410 g/mol. The molecule has 1 saturated heterocycles. The van der Waals surface area contributed by atoms with Crippen LogP contribution in [0.25, 0.3) is 0 Å². The zero-order chi connectivity index (χ0) is 20.3. The first-order valence-electron chi connectivity index (χ1n) is 9.30. The normalized spacial score (nSPS) is 15.5. The van der Waals surface area contributed by atoms with Gasteiger partial charge in [0, 0.05) is 36.5 Å². The summed E-state index contributed by atoms with van der Waals surface area (Å²) in [5.74, 6) is 0.269. The van der Waals surface area contributed by atoms with Gasteiger partial charge in [-0.2, -0.15) is 5.10 Å². The molecule has 2 aromatic rings. The molecule has 3 rings (SSSR count). The fourth-order valence-corrected chi connectivity index (χ4v) is 3.15. The van der Waals surface area contributed by atoms with Crippen LogP contribution < -0.4 is 4.74 Å². The smallest absolute Gasteiger partial charge is 0.410 e. The maximum atomic E-state index is 13.9. The third-order valence-electron chi connectivity index (χ3n) is 4.35. The van der Waals surface area contributed by atoms with Gasteiger partial charge < -0.3 is 14.4 Å². The second kappa shape index (κ2) is 8.39. The van der Waals surface area contributed by atoms with Crippen molar-refractivity contribution < 1.29 is 18.7 Å². The maximum Gasteiger partial charge on any atom is 0.410 e. The van der Waals surface area contributed by atoms with Crippen molar-refractivity contribution >= 4 is 17.7 Å². The number of likely N-dealkylation sites (tertiary alicyclic amines) is 1. The Labute approximate surface area is 169 Å². The van der Waals surface area contributed by atoms with Crippen LogP contribution in [0, 0.1) is 5.82 Å². The molecule has 0 atom stereocenters. The summed E-state index contributed by atoms with van der Waals surface area (Å²) >= 11 is 5.78. The number of rotatable bonds is 4. The summed E-state index contributed by atoms with van der Waals surface area (Å²) in [5, 5.41) is 4.60. The first kappa shape index (κ1) is 20.5. The monoisotopic (exact) mass is 409 g/mol. The van der Waals surface area contributed by atoms with E-state index in [1.54, 1.807) is 34.1 Å². The Morgan fingerprint density at radius 3 is 2.68 bits per heavy atom. The topological polar surface area (TPSA) is 56.6 Å². The van der Waals surface area contributed by atoms with Gasteiger partial charge in [0.2, 0.25) is 0 Å². The number of aromatic nitrogens is 2. The van der Waals surface area contributed by atoms with Crippen LogP contribution in [0.5, 0.6) is 5.75 Å². The average Bonchev–Trinajstić information content (AvgIpc) is 3.03. The van der Waals surface area contributed by atoms with Crippen LogP contribution >= 0.6 is 11.6 Å². The number of amides is 1. The predicted octanol–water partition coefficient (Wildman–Crippen LogP) is 4.50. The lowest BCUT2D eigenvalue weighted by molar-refractivity contribution is 0.0126. The van der Waals surface area contributed by atoms with Gasteiger partial charge in [-0.15, -0.1) is 0 Å². The van der Waals surface area contributed by atoms with Crippen LogP contribution in [0.3, 0.4) is 0 Å². The van der Waals surface area contributed by atoms with Gasteiger partial charge in [0.05, 0.1) is 18.9 Å². The van der Waals surface area contributed by atoms with Crippen molar-refractivity contribution in [2.45, 2.75) is 51.9 Å². The number of carbonyl (C=O) groups excluding carboxylic acids is 1. The van der Waals surface area contributed by atoms with E-state index in [2.05, 4.69) is 5.10 Å². The molecule has 1 aliphatic heterocycles. The highest BCUT2D eigenvalue weighted by Gasteiger charge is 2.27. The summed E-state index contributed by atoms with van der Waals surface area (Å²) in [7, 11) is 0. The Hall–Kier alpha value is -2.28. The number of piperidine rings is 1. The molecule has 28 heavy (non-hydrogen) atoms. The largest absolute Gasteiger partial charge is 0.487 e. The highest BCUT2D eigenvalue weighted by Crippen LogP contribution is 2.21. The summed E-state index contributed by atoms with van der Waals surface area (Å²) in [4.78, 5) is 13.8. The maximum absolute atomic E-state index is 13.9.